The standard InChI is InChI=1S/C13H15N3S/c14-9-13(4-1-5-13)12-16-11(8-17-12)10-2-6-15-7-3-10/h2-3,6-8H,1,4-5,9,14H2. The second-order valence-electron chi connectivity index (χ2n) is 4.61. The van der Waals surface area contributed by atoms with E-state index in [0.29, 0.717) is 0 Å². The molecule has 2 aromatic heterocycles. The second kappa shape index (κ2) is 4.20. The summed E-state index contributed by atoms with van der Waals surface area (Å²) in [5.74, 6) is 0. The molecule has 2 heterocycles. The van der Waals surface area contributed by atoms with Gasteiger partial charge in [0.25, 0.3) is 0 Å². The molecule has 17 heavy (non-hydrogen) atoms. The van der Waals surface area contributed by atoms with Crippen LogP contribution in [0.1, 0.15) is 24.3 Å². The monoisotopic (exact) mass is 245 g/mol. The van der Waals surface area contributed by atoms with Crippen molar-refractivity contribution < 1.29 is 0 Å². The number of nitrogens with zero attached hydrogens (tertiary/aromatic N) is 2. The predicted octanol–water partition coefficient (Wildman–Crippen LogP) is 2.59. The van der Waals surface area contributed by atoms with Gasteiger partial charge in [-0.3, -0.25) is 4.98 Å². The molecule has 1 fully saturated rings. The number of aromatic nitrogens is 2. The maximum absolute atomic E-state index is 5.91. The molecule has 0 saturated heterocycles. The SMILES string of the molecule is NCC1(c2nc(-c3ccncc3)cs2)CCC1. The fourth-order valence-electron chi connectivity index (χ4n) is 2.28. The van der Waals surface area contributed by atoms with Crippen molar-refractivity contribution in [2.45, 2.75) is 24.7 Å². The molecule has 0 unspecified atom stereocenters. The Morgan fingerprint density at radius 2 is 2.06 bits per heavy atom. The molecule has 0 bridgehead atoms. The zero-order chi connectivity index (χ0) is 11.7. The van der Waals surface area contributed by atoms with Gasteiger partial charge in [-0.05, 0) is 25.0 Å². The zero-order valence-electron chi connectivity index (χ0n) is 9.60. The Balaban J connectivity index is 1.93. The van der Waals surface area contributed by atoms with Gasteiger partial charge in [0.1, 0.15) is 5.01 Å². The Labute approximate surface area is 105 Å². The molecule has 3 rings (SSSR count). The van der Waals surface area contributed by atoms with Crippen molar-refractivity contribution in [1.29, 1.82) is 0 Å². The Bertz CT molecular complexity index is 497. The molecular weight excluding hydrogens is 230 g/mol. The van der Waals surface area contributed by atoms with Gasteiger partial charge < -0.3 is 5.73 Å². The fourth-order valence-corrected chi connectivity index (χ4v) is 3.38. The summed E-state index contributed by atoms with van der Waals surface area (Å²) in [6.07, 6.45) is 7.26. The minimum atomic E-state index is 0.177. The van der Waals surface area contributed by atoms with E-state index in [4.69, 9.17) is 10.7 Å². The summed E-state index contributed by atoms with van der Waals surface area (Å²) in [7, 11) is 0. The van der Waals surface area contributed by atoms with E-state index in [9.17, 15) is 0 Å². The number of hydrogen-bond acceptors (Lipinski definition) is 4. The van der Waals surface area contributed by atoms with Crippen molar-refractivity contribution in [1.82, 2.24) is 9.97 Å². The molecule has 0 aliphatic heterocycles. The van der Waals surface area contributed by atoms with Gasteiger partial charge in [-0.1, -0.05) is 6.42 Å². The lowest BCUT2D eigenvalue weighted by Gasteiger charge is -2.38. The van der Waals surface area contributed by atoms with Gasteiger partial charge in [0.05, 0.1) is 5.69 Å². The van der Waals surface area contributed by atoms with Crippen molar-refractivity contribution >= 4 is 11.3 Å². The summed E-state index contributed by atoms with van der Waals surface area (Å²) in [4.78, 5) is 8.78. The van der Waals surface area contributed by atoms with Crippen LogP contribution in [0.25, 0.3) is 11.3 Å². The van der Waals surface area contributed by atoms with E-state index in [2.05, 4.69) is 10.4 Å². The quantitative estimate of drug-likeness (QED) is 0.904. The molecule has 0 amide bonds. The van der Waals surface area contributed by atoms with Crippen LogP contribution in [0.5, 0.6) is 0 Å². The Hall–Kier alpha value is -1.26. The van der Waals surface area contributed by atoms with Crippen LogP contribution < -0.4 is 5.73 Å². The average molecular weight is 245 g/mol. The van der Waals surface area contributed by atoms with Crippen molar-refractivity contribution in [3.63, 3.8) is 0 Å². The summed E-state index contributed by atoms with van der Waals surface area (Å²) < 4.78 is 0. The molecule has 1 aliphatic rings. The van der Waals surface area contributed by atoms with Crippen molar-refractivity contribution in [3.05, 3.63) is 34.9 Å². The van der Waals surface area contributed by atoms with E-state index in [1.807, 2.05) is 12.1 Å². The normalized spacial score (nSPS) is 17.7. The van der Waals surface area contributed by atoms with Crippen LogP contribution in [-0.2, 0) is 5.41 Å². The molecular formula is C13H15N3S. The maximum atomic E-state index is 5.91. The average Bonchev–Trinajstić information content (AvgIpc) is 2.80. The lowest BCUT2D eigenvalue weighted by atomic mass is 9.69. The Morgan fingerprint density at radius 1 is 1.29 bits per heavy atom. The molecule has 1 aliphatic carbocycles. The summed E-state index contributed by atoms with van der Waals surface area (Å²) in [5.41, 5.74) is 8.26. The van der Waals surface area contributed by atoms with Crippen LogP contribution in [0.2, 0.25) is 0 Å². The topological polar surface area (TPSA) is 51.8 Å². The van der Waals surface area contributed by atoms with Crippen LogP contribution in [-0.4, -0.2) is 16.5 Å². The number of hydrogen-bond donors (Lipinski definition) is 1. The number of pyridine rings is 1. The molecule has 2 N–H and O–H groups in total. The minimum Gasteiger partial charge on any atom is -0.329 e. The molecule has 0 atom stereocenters. The molecule has 4 heteroatoms. The highest BCUT2D eigenvalue weighted by Gasteiger charge is 2.39. The molecule has 2 aromatic rings. The first-order valence-electron chi connectivity index (χ1n) is 5.91. The van der Waals surface area contributed by atoms with Crippen molar-refractivity contribution in [3.8, 4) is 11.3 Å². The van der Waals surface area contributed by atoms with Crippen LogP contribution >= 0.6 is 11.3 Å². The first kappa shape index (κ1) is 10.9. The third-order valence-electron chi connectivity index (χ3n) is 3.64. The lowest BCUT2D eigenvalue weighted by Crippen LogP contribution is -2.41. The largest absolute Gasteiger partial charge is 0.329 e. The second-order valence-corrected chi connectivity index (χ2v) is 5.47. The summed E-state index contributed by atoms with van der Waals surface area (Å²) in [6, 6.07) is 3.99. The van der Waals surface area contributed by atoms with Gasteiger partial charge in [0.2, 0.25) is 0 Å². The summed E-state index contributed by atoms with van der Waals surface area (Å²) in [5, 5.41) is 3.33. The number of rotatable bonds is 3. The first-order chi connectivity index (χ1) is 8.34. The van der Waals surface area contributed by atoms with Crippen molar-refractivity contribution in [2.75, 3.05) is 6.54 Å². The van der Waals surface area contributed by atoms with Gasteiger partial charge in [-0.25, -0.2) is 4.98 Å². The van der Waals surface area contributed by atoms with Crippen LogP contribution in [0.15, 0.2) is 29.9 Å². The first-order valence-corrected chi connectivity index (χ1v) is 6.78. The Morgan fingerprint density at radius 3 is 2.65 bits per heavy atom. The molecule has 88 valence electrons. The van der Waals surface area contributed by atoms with Gasteiger partial charge >= 0.3 is 0 Å². The summed E-state index contributed by atoms with van der Waals surface area (Å²) >= 11 is 1.74. The zero-order valence-corrected chi connectivity index (χ0v) is 10.4. The minimum absolute atomic E-state index is 0.177. The number of nitrogens with two attached hydrogens (primary N) is 1. The van der Waals surface area contributed by atoms with E-state index < -0.39 is 0 Å². The smallest absolute Gasteiger partial charge is 0.101 e. The van der Waals surface area contributed by atoms with E-state index in [1.54, 1.807) is 23.7 Å². The van der Waals surface area contributed by atoms with Crippen LogP contribution in [0.4, 0.5) is 0 Å². The fraction of sp³-hybridized carbons (Fsp3) is 0.385. The molecule has 0 aromatic carbocycles. The Kier molecular flexibility index (Phi) is 2.68. The van der Waals surface area contributed by atoms with Crippen LogP contribution in [0, 0.1) is 0 Å². The third kappa shape index (κ3) is 1.77. The molecule has 1 saturated carbocycles. The number of thiazole rings is 1. The predicted molar refractivity (Wildman–Crippen MR) is 69.9 cm³/mol. The highest BCUT2D eigenvalue weighted by molar-refractivity contribution is 7.10. The maximum Gasteiger partial charge on any atom is 0.101 e. The highest BCUT2D eigenvalue weighted by Crippen LogP contribution is 2.44. The van der Waals surface area contributed by atoms with E-state index in [-0.39, 0.29) is 5.41 Å². The highest BCUT2D eigenvalue weighted by atomic mass is 32.1. The van der Waals surface area contributed by atoms with Gasteiger partial charge in [-0.2, -0.15) is 0 Å². The van der Waals surface area contributed by atoms with Gasteiger partial charge in [0, 0.05) is 35.3 Å². The van der Waals surface area contributed by atoms with Crippen molar-refractivity contribution in [2.24, 2.45) is 5.73 Å². The van der Waals surface area contributed by atoms with Gasteiger partial charge in [0.15, 0.2) is 0 Å². The van der Waals surface area contributed by atoms with E-state index in [0.717, 1.165) is 17.8 Å². The van der Waals surface area contributed by atoms with E-state index in [1.165, 1.54) is 24.3 Å². The summed E-state index contributed by atoms with van der Waals surface area (Å²) in [6.45, 7) is 0.719. The molecule has 0 spiro atoms. The lowest BCUT2D eigenvalue weighted by molar-refractivity contribution is 0.252. The molecule has 3 nitrogen and oxygen atoms in total. The molecule has 0 radical (unpaired) electrons. The van der Waals surface area contributed by atoms with E-state index >= 15 is 0 Å². The van der Waals surface area contributed by atoms with Crippen LogP contribution in [0.3, 0.4) is 0 Å². The van der Waals surface area contributed by atoms with Gasteiger partial charge in [-0.15, -0.1) is 11.3 Å². The third-order valence-corrected chi connectivity index (χ3v) is 4.72.